The Morgan fingerprint density at radius 1 is 1.19 bits per heavy atom. The number of amides is 3. The highest BCUT2D eigenvalue weighted by Gasteiger charge is 2.52. The lowest BCUT2D eigenvalue weighted by Gasteiger charge is -2.46. The third kappa shape index (κ3) is 4.38. The van der Waals surface area contributed by atoms with E-state index in [9.17, 15) is 9.59 Å². The zero-order valence-electron chi connectivity index (χ0n) is 20.4. The van der Waals surface area contributed by atoms with Gasteiger partial charge in [0.05, 0.1) is 16.3 Å². The van der Waals surface area contributed by atoms with Crippen LogP contribution in [-0.2, 0) is 4.79 Å². The number of carbonyl (C=O) groups is 2. The summed E-state index contributed by atoms with van der Waals surface area (Å²) in [6, 6.07) is 15.0. The van der Waals surface area contributed by atoms with Gasteiger partial charge in [0.15, 0.2) is 6.19 Å². The molecular weight excluding hydrogens is 488 g/mol. The van der Waals surface area contributed by atoms with E-state index in [2.05, 4.69) is 22.1 Å². The summed E-state index contributed by atoms with van der Waals surface area (Å²) >= 11 is 1.49. The first kappa shape index (κ1) is 23.7. The minimum atomic E-state index is -0.221. The van der Waals surface area contributed by atoms with Crippen LogP contribution in [0.1, 0.15) is 18.4 Å². The van der Waals surface area contributed by atoms with Crippen molar-refractivity contribution in [2.45, 2.75) is 37.2 Å². The second-order valence-corrected chi connectivity index (χ2v) is 10.9. The van der Waals surface area contributed by atoms with Crippen LogP contribution >= 0.6 is 11.8 Å². The van der Waals surface area contributed by atoms with Gasteiger partial charge in [-0.2, -0.15) is 5.26 Å². The van der Waals surface area contributed by atoms with Crippen molar-refractivity contribution < 1.29 is 14.3 Å². The van der Waals surface area contributed by atoms with Crippen LogP contribution in [0.3, 0.4) is 0 Å². The highest BCUT2D eigenvalue weighted by Crippen LogP contribution is 2.48. The van der Waals surface area contributed by atoms with E-state index in [1.165, 1.54) is 11.8 Å². The van der Waals surface area contributed by atoms with Gasteiger partial charge in [-0.1, -0.05) is 30.0 Å². The van der Waals surface area contributed by atoms with E-state index < -0.39 is 0 Å². The zero-order chi connectivity index (χ0) is 25.5. The highest BCUT2D eigenvalue weighted by molar-refractivity contribution is 8.04. The smallest absolute Gasteiger partial charge is 0.326 e. The number of aryl methyl sites for hydroxylation is 1. The third-order valence-electron chi connectivity index (χ3n) is 7.42. The summed E-state index contributed by atoms with van der Waals surface area (Å²) in [5.41, 5.74) is 2.49. The van der Waals surface area contributed by atoms with Crippen molar-refractivity contribution in [3.05, 3.63) is 64.7 Å². The molecule has 2 aromatic carbocycles. The summed E-state index contributed by atoms with van der Waals surface area (Å²) in [4.78, 5) is 30.8. The fourth-order valence-corrected chi connectivity index (χ4v) is 7.11. The van der Waals surface area contributed by atoms with Crippen LogP contribution in [0, 0.1) is 24.3 Å². The number of urea groups is 1. The summed E-state index contributed by atoms with van der Waals surface area (Å²) in [6.45, 7) is 3.92. The fourth-order valence-electron chi connectivity index (χ4n) is 5.71. The van der Waals surface area contributed by atoms with Gasteiger partial charge in [-0.3, -0.25) is 9.69 Å². The van der Waals surface area contributed by atoms with Gasteiger partial charge in [-0.25, -0.2) is 4.79 Å². The van der Waals surface area contributed by atoms with Gasteiger partial charge in [0.1, 0.15) is 11.5 Å². The molecule has 0 bridgehead atoms. The Hall–Kier alpha value is -3.68. The number of nitriles is 1. The number of nitrogens with zero attached hydrogens (tertiary/aromatic N) is 3. The summed E-state index contributed by atoms with van der Waals surface area (Å²) in [6.07, 6.45) is 3.67. The highest BCUT2D eigenvalue weighted by atomic mass is 32.2. The molecule has 3 N–H and O–H groups in total. The lowest BCUT2D eigenvalue weighted by Crippen LogP contribution is -2.62. The number of carbonyl (C=O) groups excluding carboxylic acids is 2. The van der Waals surface area contributed by atoms with Crippen molar-refractivity contribution in [1.29, 1.82) is 5.26 Å². The number of nitrogens with one attached hydrogen (secondary N) is 3. The van der Waals surface area contributed by atoms with Crippen LogP contribution in [-0.4, -0.2) is 53.9 Å². The van der Waals surface area contributed by atoms with Gasteiger partial charge in [0, 0.05) is 36.4 Å². The number of anilines is 1. The van der Waals surface area contributed by atoms with Crippen molar-refractivity contribution in [1.82, 2.24) is 20.9 Å². The molecule has 0 spiro atoms. The van der Waals surface area contributed by atoms with Gasteiger partial charge < -0.3 is 25.6 Å². The third-order valence-corrected chi connectivity index (χ3v) is 8.77. The maximum absolute atomic E-state index is 13.5. The van der Waals surface area contributed by atoms with Crippen LogP contribution in [0.4, 0.5) is 10.5 Å². The summed E-state index contributed by atoms with van der Waals surface area (Å²) in [7, 11) is 0. The molecule has 37 heavy (non-hydrogen) atoms. The van der Waals surface area contributed by atoms with Crippen LogP contribution < -0.4 is 25.6 Å². The average Bonchev–Trinajstić information content (AvgIpc) is 3.51. The SMILES string of the molecule is Cc1cc(Oc2ccccc2)ccc1N1C(=O)NC2=C(C(=O)N[C@@H]3CCN(C#N)C3)SC3NCCC1C23. The Labute approximate surface area is 219 Å². The molecule has 3 unspecified atom stereocenters. The Bertz CT molecular complexity index is 1310. The molecule has 0 radical (unpaired) electrons. The van der Waals surface area contributed by atoms with E-state index in [1.54, 1.807) is 4.90 Å². The molecule has 3 fully saturated rings. The van der Waals surface area contributed by atoms with E-state index in [0.29, 0.717) is 29.4 Å². The molecular formula is C27H28N6O3S. The van der Waals surface area contributed by atoms with Gasteiger partial charge >= 0.3 is 6.03 Å². The number of thioether (sulfide) groups is 1. The van der Waals surface area contributed by atoms with Crippen LogP contribution in [0.5, 0.6) is 11.5 Å². The van der Waals surface area contributed by atoms with Gasteiger partial charge in [-0.05, 0) is 62.2 Å². The average molecular weight is 517 g/mol. The number of rotatable bonds is 5. The fraction of sp³-hybridized carbons (Fsp3) is 0.370. The van der Waals surface area contributed by atoms with E-state index in [4.69, 9.17) is 10.00 Å². The molecule has 0 saturated carbocycles. The molecule has 4 aliphatic rings. The van der Waals surface area contributed by atoms with Crippen molar-refractivity contribution in [3.63, 3.8) is 0 Å². The minimum Gasteiger partial charge on any atom is -0.457 e. The molecule has 3 amide bonds. The second-order valence-electron chi connectivity index (χ2n) is 9.79. The van der Waals surface area contributed by atoms with Gasteiger partial charge in [-0.15, -0.1) is 0 Å². The first-order valence-electron chi connectivity index (χ1n) is 12.6. The normalized spacial score (nSPS) is 26.4. The molecule has 4 heterocycles. The molecule has 190 valence electrons. The minimum absolute atomic E-state index is 0.0118. The van der Waals surface area contributed by atoms with E-state index in [1.807, 2.05) is 60.4 Å². The molecule has 4 aliphatic heterocycles. The number of likely N-dealkylation sites (tertiary alicyclic amines) is 1. The Morgan fingerprint density at radius 3 is 2.78 bits per heavy atom. The van der Waals surface area contributed by atoms with Crippen molar-refractivity contribution in [3.8, 4) is 17.7 Å². The predicted molar refractivity (Wildman–Crippen MR) is 141 cm³/mol. The monoisotopic (exact) mass is 516 g/mol. The molecule has 10 heteroatoms. The van der Waals surface area contributed by atoms with Crippen LogP contribution in [0.2, 0.25) is 0 Å². The largest absolute Gasteiger partial charge is 0.457 e. The molecule has 4 atom stereocenters. The number of benzene rings is 2. The topological polar surface area (TPSA) is 110 Å². The first-order chi connectivity index (χ1) is 18.0. The maximum Gasteiger partial charge on any atom is 0.326 e. The Kier molecular flexibility index (Phi) is 6.18. The first-order valence-corrected chi connectivity index (χ1v) is 13.4. The lowest BCUT2D eigenvalue weighted by atomic mass is 9.86. The number of para-hydroxylation sites is 1. The predicted octanol–water partition coefficient (Wildman–Crippen LogP) is 3.25. The molecule has 9 nitrogen and oxygen atoms in total. The Morgan fingerprint density at radius 2 is 2.03 bits per heavy atom. The van der Waals surface area contributed by atoms with Crippen molar-refractivity contribution in [2.24, 2.45) is 5.92 Å². The summed E-state index contributed by atoms with van der Waals surface area (Å²) < 4.78 is 5.98. The number of piperidine rings is 1. The van der Waals surface area contributed by atoms with Crippen molar-refractivity contribution in [2.75, 3.05) is 24.5 Å². The van der Waals surface area contributed by atoms with Crippen LogP contribution in [0.15, 0.2) is 59.1 Å². The number of hydrogen-bond acceptors (Lipinski definition) is 7. The number of ether oxygens (including phenoxy) is 1. The second kappa shape index (κ2) is 9.65. The van der Waals surface area contributed by atoms with Gasteiger partial charge in [0.25, 0.3) is 5.91 Å². The molecule has 2 aromatic rings. The molecule has 0 aromatic heterocycles. The maximum atomic E-state index is 13.5. The molecule has 6 rings (SSSR count). The molecule has 0 aliphatic carbocycles. The number of hydrogen-bond donors (Lipinski definition) is 3. The van der Waals surface area contributed by atoms with Gasteiger partial charge in [0.2, 0.25) is 0 Å². The van der Waals surface area contributed by atoms with E-state index in [0.717, 1.165) is 36.4 Å². The van der Waals surface area contributed by atoms with E-state index >= 15 is 0 Å². The standard InChI is InChI=1S/C27H28N6O3S/c1-16-13-19(36-18-5-3-2-4-6-18)7-8-20(16)33-21-9-11-29-26-22(21)23(31-27(33)35)24(37-26)25(34)30-17-10-12-32(14-17)15-28/h2-8,13,17,21-22,26,29H,9-12,14H2,1H3,(H,30,34)(H,31,35)/t17-,21?,22?,26?/m1/s1. The summed E-state index contributed by atoms with van der Waals surface area (Å²) in [5, 5.41) is 18.8. The summed E-state index contributed by atoms with van der Waals surface area (Å²) in [5.74, 6) is 1.28. The Balaban J connectivity index is 1.24. The zero-order valence-corrected chi connectivity index (χ0v) is 21.3. The van der Waals surface area contributed by atoms with Crippen LogP contribution in [0.25, 0.3) is 0 Å². The van der Waals surface area contributed by atoms with E-state index in [-0.39, 0.29) is 35.3 Å². The quantitative estimate of drug-likeness (QED) is 0.524. The lowest BCUT2D eigenvalue weighted by molar-refractivity contribution is -0.117. The molecule has 3 saturated heterocycles. The van der Waals surface area contributed by atoms with Crippen molar-refractivity contribution >= 4 is 29.4 Å².